The topological polar surface area (TPSA) is 29.1 Å². The van der Waals surface area contributed by atoms with Crippen LogP contribution in [-0.4, -0.2) is 11.9 Å². The number of hydrogen-bond acceptors (Lipinski definition) is 1. The second kappa shape index (κ2) is 5.36. The number of nitrogens with one attached hydrogen (secondary N) is 1. The predicted octanol–water partition coefficient (Wildman–Crippen LogP) is 3.62. The van der Waals surface area contributed by atoms with Crippen LogP contribution in [0.15, 0.2) is 18.2 Å². The van der Waals surface area contributed by atoms with E-state index in [9.17, 15) is 4.79 Å². The van der Waals surface area contributed by atoms with Gasteiger partial charge in [0.1, 0.15) is 0 Å². The summed E-state index contributed by atoms with van der Waals surface area (Å²) in [5.41, 5.74) is 0.681. The van der Waals surface area contributed by atoms with Crippen molar-refractivity contribution >= 4 is 40.1 Å². The molecular formula is C12H13ClINO. The first-order valence-electron chi connectivity index (χ1n) is 5.43. The molecule has 1 amide bonds. The second-order valence-corrected chi connectivity index (χ2v) is 5.68. The molecule has 16 heavy (non-hydrogen) atoms. The number of halogens is 2. The van der Waals surface area contributed by atoms with Crippen LogP contribution < -0.4 is 5.32 Å². The molecule has 1 aromatic carbocycles. The minimum Gasteiger partial charge on any atom is -0.349 e. The van der Waals surface area contributed by atoms with Gasteiger partial charge in [0.15, 0.2) is 0 Å². The van der Waals surface area contributed by atoms with Crippen molar-refractivity contribution in [3.05, 3.63) is 32.4 Å². The molecular weight excluding hydrogens is 336 g/mol. The molecule has 1 N–H and O–H groups in total. The zero-order valence-electron chi connectivity index (χ0n) is 8.80. The molecule has 0 heterocycles. The first kappa shape index (κ1) is 12.2. The van der Waals surface area contributed by atoms with Crippen molar-refractivity contribution in [2.24, 2.45) is 0 Å². The molecule has 0 unspecified atom stereocenters. The summed E-state index contributed by atoms with van der Waals surface area (Å²) < 4.78 is 0.942. The molecule has 2 rings (SSSR count). The average Bonchev–Trinajstić information content (AvgIpc) is 2.74. The number of rotatable bonds is 2. The van der Waals surface area contributed by atoms with Gasteiger partial charge >= 0.3 is 0 Å². The summed E-state index contributed by atoms with van der Waals surface area (Å²) >= 11 is 8.05. The highest BCUT2D eigenvalue weighted by Crippen LogP contribution is 2.21. The Balaban J connectivity index is 2.10. The molecule has 1 aliphatic carbocycles. The van der Waals surface area contributed by atoms with Crippen LogP contribution in [0.3, 0.4) is 0 Å². The van der Waals surface area contributed by atoms with E-state index in [2.05, 4.69) is 27.9 Å². The summed E-state index contributed by atoms with van der Waals surface area (Å²) in [6, 6.07) is 5.75. The standard InChI is InChI=1S/C12H13ClINO/c13-8-5-6-11(14)10(7-8)12(16)15-9-3-1-2-4-9/h5-7,9H,1-4H2,(H,15,16). The summed E-state index contributed by atoms with van der Waals surface area (Å²) in [5.74, 6) is -0.00111. The van der Waals surface area contributed by atoms with Gasteiger partial charge in [0.25, 0.3) is 5.91 Å². The highest BCUT2D eigenvalue weighted by molar-refractivity contribution is 14.1. The minimum atomic E-state index is -0.00111. The summed E-state index contributed by atoms with van der Waals surface area (Å²) in [6.45, 7) is 0. The molecule has 4 heteroatoms. The van der Waals surface area contributed by atoms with Gasteiger partial charge in [-0.05, 0) is 53.6 Å². The average molecular weight is 350 g/mol. The van der Waals surface area contributed by atoms with E-state index < -0.39 is 0 Å². The molecule has 0 radical (unpaired) electrons. The smallest absolute Gasteiger partial charge is 0.252 e. The van der Waals surface area contributed by atoms with Crippen LogP contribution in [0.25, 0.3) is 0 Å². The Morgan fingerprint density at radius 1 is 1.38 bits per heavy atom. The van der Waals surface area contributed by atoms with Crippen LogP contribution in [-0.2, 0) is 0 Å². The summed E-state index contributed by atoms with van der Waals surface area (Å²) in [5, 5.41) is 3.67. The van der Waals surface area contributed by atoms with E-state index >= 15 is 0 Å². The maximum absolute atomic E-state index is 12.0. The number of hydrogen-bond donors (Lipinski definition) is 1. The highest BCUT2D eigenvalue weighted by atomic mass is 127. The lowest BCUT2D eigenvalue weighted by Crippen LogP contribution is -2.33. The predicted molar refractivity (Wildman–Crippen MR) is 73.9 cm³/mol. The summed E-state index contributed by atoms with van der Waals surface area (Å²) in [6.07, 6.45) is 4.64. The molecule has 1 fully saturated rings. The monoisotopic (exact) mass is 349 g/mol. The minimum absolute atomic E-state index is 0.00111. The van der Waals surface area contributed by atoms with Crippen molar-refractivity contribution in [1.82, 2.24) is 5.32 Å². The van der Waals surface area contributed by atoms with Crippen molar-refractivity contribution in [3.63, 3.8) is 0 Å². The van der Waals surface area contributed by atoms with Gasteiger partial charge in [-0.1, -0.05) is 24.4 Å². The molecule has 1 aromatic rings. The molecule has 0 bridgehead atoms. The Morgan fingerprint density at radius 3 is 2.75 bits per heavy atom. The van der Waals surface area contributed by atoms with Gasteiger partial charge in [-0.3, -0.25) is 4.79 Å². The van der Waals surface area contributed by atoms with E-state index in [1.165, 1.54) is 12.8 Å². The lowest BCUT2D eigenvalue weighted by atomic mass is 10.2. The lowest BCUT2D eigenvalue weighted by Gasteiger charge is -2.12. The van der Waals surface area contributed by atoms with Gasteiger partial charge in [0.05, 0.1) is 5.56 Å². The fourth-order valence-electron chi connectivity index (χ4n) is 2.00. The third kappa shape index (κ3) is 2.88. The Kier molecular flexibility index (Phi) is 4.08. The van der Waals surface area contributed by atoms with Gasteiger partial charge in [-0.25, -0.2) is 0 Å². The van der Waals surface area contributed by atoms with Crippen LogP contribution in [0.4, 0.5) is 0 Å². The molecule has 0 atom stereocenters. The molecule has 86 valence electrons. The van der Waals surface area contributed by atoms with Crippen LogP contribution in [0, 0.1) is 3.57 Å². The van der Waals surface area contributed by atoms with E-state index in [1.807, 2.05) is 6.07 Å². The normalized spacial score (nSPS) is 16.4. The van der Waals surface area contributed by atoms with Crippen molar-refractivity contribution in [3.8, 4) is 0 Å². The van der Waals surface area contributed by atoms with Crippen LogP contribution in [0.5, 0.6) is 0 Å². The molecule has 1 saturated carbocycles. The number of benzene rings is 1. The highest BCUT2D eigenvalue weighted by Gasteiger charge is 2.19. The van der Waals surface area contributed by atoms with Crippen LogP contribution in [0.1, 0.15) is 36.0 Å². The summed E-state index contributed by atoms with van der Waals surface area (Å²) in [4.78, 5) is 12.0. The quantitative estimate of drug-likeness (QED) is 0.812. The third-order valence-corrected chi connectivity index (χ3v) is 4.04. The molecule has 0 spiro atoms. The zero-order valence-corrected chi connectivity index (χ0v) is 11.7. The van der Waals surface area contributed by atoms with E-state index in [-0.39, 0.29) is 5.91 Å². The van der Waals surface area contributed by atoms with Gasteiger partial charge < -0.3 is 5.32 Å². The summed E-state index contributed by atoms with van der Waals surface area (Å²) in [7, 11) is 0. The molecule has 0 aromatic heterocycles. The first-order valence-corrected chi connectivity index (χ1v) is 6.88. The molecule has 0 aliphatic heterocycles. The Morgan fingerprint density at radius 2 is 2.06 bits per heavy atom. The Hall–Kier alpha value is -0.290. The van der Waals surface area contributed by atoms with Crippen LogP contribution in [0.2, 0.25) is 5.02 Å². The van der Waals surface area contributed by atoms with Crippen LogP contribution >= 0.6 is 34.2 Å². The van der Waals surface area contributed by atoms with E-state index in [0.29, 0.717) is 16.6 Å². The van der Waals surface area contributed by atoms with Gasteiger partial charge in [-0.15, -0.1) is 0 Å². The van der Waals surface area contributed by atoms with Crippen molar-refractivity contribution in [2.75, 3.05) is 0 Å². The molecule has 2 nitrogen and oxygen atoms in total. The largest absolute Gasteiger partial charge is 0.349 e. The number of carbonyl (C=O) groups is 1. The lowest BCUT2D eigenvalue weighted by molar-refractivity contribution is 0.0937. The fraction of sp³-hybridized carbons (Fsp3) is 0.417. The van der Waals surface area contributed by atoms with Crippen molar-refractivity contribution in [1.29, 1.82) is 0 Å². The molecule has 1 aliphatic rings. The zero-order chi connectivity index (χ0) is 11.5. The Bertz CT molecular complexity index is 402. The maximum Gasteiger partial charge on any atom is 0.252 e. The van der Waals surface area contributed by atoms with Crippen molar-refractivity contribution < 1.29 is 4.79 Å². The number of amides is 1. The molecule has 0 saturated heterocycles. The fourth-order valence-corrected chi connectivity index (χ4v) is 2.76. The van der Waals surface area contributed by atoms with E-state index in [4.69, 9.17) is 11.6 Å². The SMILES string of the molecule is O=C(NC1CCCC1)c1cc(Cl)ccc1I. The maximum atomic E-state index is 12.0. The number of carbonyl (C=O) groups excluding carboxylic acids is 1. The second-order valence-electron chi connectivity index (χ2n) is 4.08. The van der Waals surface area contributed by atoms with Gasteiger partial charge in [0, 0.05) is 14.6 Å². The van der Waals surface area contributed by atoms with E-state index in [1.54, 1.807) is 12.1 Å². The third-order valence-electron chi connectivity index (χ3n) is 2.86. The van der Waals surface area contributed by atoms with Gasteiger partial charge in [-0.2, -0.15) is 0 Å². The first-order chi connectivity index (χ1) is 7.66. The van der Waals surface area contributed by atoms with E-state index in [0.717, 1.165) is 16.4 Å². The van der Waals surface area contributed by atoms with Crippen molar-refractivity contribution in [2.45, 2.75) is 31.7 Å². The van der Waals surface area contributed by atoms with Gasteiger partial charge in [0.2, 0.25) is 0 Å². The Labute approximate surface area is 114 Å².